The van der Waals surface area contributed by atoms with Gasteiger partial charge in [-0.2, -0.15) is 0 Å². The summed E-state index contributed by atoms with van der Waals surface area (Å²) in [5, 5.41) is 3.10. The standard InChI is InChI=1S/C14H20N2O2/c1-14(7-3-4-8-14)16-13(17)10-5-6-12(18-2)11(15)9-10/h5-6,9H,3-4,7-8,15H2,1-2H3,(H,16,17). The van der Waals surface area contributed by atoms with Crippen LogP contribution in [0.4, 0.5) is 5.69 Å². The van der Waals surface area contributed by atoms with Gasteiger partial charge in [0.05, 0.1) is 12.8 Å². The van der Waals surface area contributed by atoms with Gasteiger partial charge in [-0.25, -0.2) is 0 Å². The number of rotatable bonds is 3. The van der Waals surface area contributed by atoms with Gasteiger partial charge < -0.3 is 15.8 Å². The lowest BCUT2D eigenvalue weighted by atomic mass is 10.00. The van der Waals surface area contributed by atoms with E-state index in [0.717, 1.165) is 12.8 Å². The zero-order chi connectivity index (χ0) is 13.2. The minimum absolute atomic E-state index is 0.0613. The Kier molecular flexibility index (Phi) is 3.45. The maximum Gasteiger partial charge on any atom is 0.251 e. The van der Waals surface area contributed by atoms with Crippen molar-refractivity contribution < 1.29 is 9.53 Å². The molecular formula is C14H20N2O2. The molecule has 1 aliphatic carbocycles. The third-order valence-electron chi connectivity index (χ3n) is 3.61. The summed E-state index contributed by atoms with van der Waals surface area (Å²) in [6.45, 7) is 2.10. The molecule has 3 N–H and O–H groups in total. The van der Waals surface area contributed by atoms with Gasteiger partial charge in [-0.3, -0.25) is 4.79 Å². The molecule has 0 atom stereocenters. The highest BCUT2D eigenvalue weighted by Crippen LogP contribution is 2.29. The summed E-state index contributed by atoms with van der Waals surface area (Å²) in [5.41, 5.74) is 6.81. The van der Waals surface area contributed by atoms with E-state index in [4.69, 9.17) is 10.5 Å². The Morgan fingerprint density at radius 3 is 2.61 bits per heavy atom. The van der Waals surface area contributed by atoms with Crippen LogP contribution in [0.1, 0.15) is 43.0 Å². The van der Waals surface area contributed by atoms with Crippen molar-refractivity contribution >= 4 is 11.6 Å². The SMILES string of the molecule is COc1ccc(C(=O)NC2(C)CCCC2)cc1N. The summed E-state index contributed by atoms with van der Waals surface area (Å²) < 4.78 is 5.08. The second-order valence-corrected chi connectivity index (χ2v) is 5.18. The molecule has 4 nitrogen and oxygen atoms in total. The fraction of sp³-hybridized carbons (Fsp3) is 0.500. The number of methoxy groups -OCH3 is 1. The van der Waals surface area contributed by atoms with Crippen molar-refractivity contribution in [3.63, 3.8) is 0 Å². The number of ether oxygens (including phenoxy) is 1. The number of amides is 1. The van der Waals surface area contributed by atoms with Crippen molar-refractivity contribution in [2.45, 2.75) is 38.1 Å². The number of hydrogen-bond donors (Lipinski definition) is 2. The number of anilines is 1. The molecule has 1 aromatic carbocycles. The van der Waals surface area contributed by atoms with Crippen LogP contribution in [0.3, 0.4) is 0 Å². The summed E-state index contributed by atoms with van der Waals surface area (Å²) in [6.07, 6.45) is 4.46. The Labute approximate surface area is 108 Å². The van der Waals surface area contributed by atoms with Gasteiger partial charge in [0, 0.05) is 11.1 Å². The van der Waals surface area contributed by atoms with Crippen LogP contribution in [0.5, 0.6) is 5.75 Å². The van der Waals surface area contributed by atoms with Crippen molar-refractivity contribution in [3.8, 4) is 5.75 Å². The summed E-state index contributed by atoms with van der Waals surface area (Å²) in [5.74, 6) is 0.535. The second kappa shape index (κ2) is 4.88. The molecule has 0 unspecified atom stereocenters. The van der Waals surface area contributed by atoms with Crippen LogP contribution in [0.2, 0.25) is 0 Å². The molecule has 0 radical (unpaired) electrons. The minimum atomic E-state index is -0.0637. The molecule has 0 heterocycles. The average Bonchev–Trinajstić information content (AvgIpc) is 2.75. The first-order valence-electron chi connectivity index (χ1n) is 6.30. The first-order chi connectivity index (χ1) is 8.54. The molecule has 1 fully saturated rings. The highest BCUT2D eigenvalue weighted by molar-refractivity contribution is 5.96. The quantitative estimate of drug-likeness (QED) is 0.807. The Morgan fingerprint density at radius 2 is 2.06 bits per heavy atom. The lowest BCUT2D eigenvalue weighted by Crippen LogP contribution is -2.43. The molecule has 0 bridgehead atoms. The molecule has 18 heavy (non-hydrogen) atoms. The lowest BCUT2D eigenvalue weighted by molar-refractivity contribution is 0.0908. The normalized spacial score (nSPS) is 17.4. The average molecular weight is 248 g/mol. The molecule has 1 aromatic rings. The van der Waals surface area contributed by atoms with Crippen molar-refractivity contribution in [1.82, 2.24) is 5.32 Å². The van der Waals surface area contributed by atoms with Gasteiger partial charge in [-0.15, -0.1) is 0 Å². The molecule has 0 spiro atoms. The van der Waals surface area contributed by atoms with E-state index in [-0.39, 0.29) is 11.4 Å². The molecule has 1 aliphatic rings. The Hall–Kier alpha value is -1.71. The zero-order valence-electron chi connectivity index (χ0n) is 11.0. The fourth-order valence-electron chi connectivity index (χ4n) is 2.50. The first kappa shape index (κ1) is 12.7. The molecule has 98 valence electrons. The van der Waals surface area contributed by atoms with E-state index in [0.29, 0.717) is 17.0 Å². The predicted octanol–water partition coefficient (Wildman–Crippen LogP) is 2.34. The van der Waals surface area contributed by atoms with E-state index in [9.17, 15) is 4.79 Å². The molecule has 1 amide bonds. The summed E-state index contributed by atoms with van der Waals surface area (Å²) in [7, 11) is 1.56. The third-order valence-corrected chi connectivity index (χ3v) is 3.61. The van der Waals surface area contributed by atoms with Crippen LogP contribution in [0, 0.1) is 0 Å². The van der Waals surface area contributed by atoms with Crippen molar-refractivity contribution in [1.29, 1.82) is 0 Å². The molecule has 2 rings (SSSR count). The van der Waals surface area contributed by atoms with Crippen LogP contribution in [0.25, 0.3) is 0 Å². The highest BCUT2D eigenvalue weighted by atomic mass is 16.5. The predicted molar refractivity (Wildman–Crippen MR) is 71.7 cm³/mol. The topological polar surface area (TPSA) is 64.3 Å². The summed E-state index contributed by atoms with van der Waals surface area (Å²) >= 11 is 0. The van der Waals surface area contributed by atoms with E-state index >= 15 is 0 Å². The zero-order valence-corrected chi connectivity index (χ0v) is 11.0. The minimum Gasteiger partial charge on any atom is -0.495 e. The van der Waals surface area contributed by atoms with Crippen molar-refractivity contribution in [2.24, 2.45) is 0 Å². The molecule has 1 saturated carbocycles. The maximum atomic E-state index is 12.2. The smallest absolute Gasteiger partial charge is 0.251 e. The fourth-order valence-corrected chi connectivity index (χ4v) is 2.50. The Morgan fingerprint density at radius 1 is 1.39 bits per heavy atom. The number of carbonyl (C=O) groups is 1. The van der Waals surface area contributed by atoms with Crippen molar-refractivity contribution in [2.75, 3.05) is 12.8 Å². The Balaban J connectivity index is 2.11. The van der Waals surface area contributed by atoms with Gasteiger partial charge in [0.15, 0.2) is 0 Å². The molecule has 0 aliphatic heterocycles. The summed E-state index contributed by atoms with van der Waals surface area (Å²) in [4.78, 5) is 12.2. The van der Waals surface area contributed by atoms with Gasteiger partial charge in [0.1, 0.15) is 5.75 Å². The number of nitrogens with two attached hydrogens (primary N) is 1. The van der Waals surface area contributed by atoms with Gasteiger partial charge in [0.25, 0.3) is 5.91 Å². The number of nitrogens with one attached hydrogen (secondary N) is 1. The monoisotopic (exact) mass is 248 g/mol. The van der Waals surface area contributed by atoms with Gasteiger partial charge in [-0.1, -0.05) is 12.8 Å². The lowest BCUT2D eigenvalue weighted by Gasteiger charge is -2.25. The van der Waals surface area contributed by atoms with Gasteiger partial charge in [0.2, 0.25) is 0 Å². The number of benzene rings is 1. The van der Waals surface area contributed by atoms with Gasteiger partial charge in [-0.05, 0) is 38.0 Å². The Bertz CT molecular complexity index is 451. The molecule has 0 aromatic heterocycles. The highest BCUT2D eigenvalue weighted by Gasteiger charge is 2.30. The maximum absolute atomic E-state index is 12.2. The first-order valence-corrected chi connectivity index (χ1v) is 6.30. The van der Waals surface area contributed by atoms with Crippen molar-refractivity contribution in [3.05, 3.63) is 23.8 Å². The van der Waals surface area contributed by atoms with Crippen LogP contribution in [0.15, 0.2) is 18.2 Å². The van der Waals surface area contributed by atoms with Crippen LogP contribution in [-0.2, 0) is 0 Å². The van der Waals surface area contributed by atoms with E-state index < -0.39 is 0 Å². The molecular weight excluding hydrogens is 228 g/mol. The summed E-state index contributed by atoms with van der Waals surface area (Å²) in [6, 6.07) is 5.12. The van der Waals surface area contributed by atoms with Crippen LogP contribution < -0.4 is 15.8 Å². The van der Waals surface area contributed by atoms with E-state index in [1.165, 1.54) is 12.8 Å². The van der Waals surface area contributed by atoms with E-state index in [1.54, 1.807) is 25.3 Å². The number of hydrogen-bond acceptors (Lipinski definition) is 3. The van der Waals surface area contributed by atoms with Gasteiger partial charge >= 0.3 is 0 Å². The second-order valence-electron chi connectivity index (χ2n) is 5.18. The largest absolute Gasteiger partial charge is 0.495 e. The molecule has 0 saturated heterocycles. The van der Waals surface area contributed by atoms with Crippen LogP contribution in [-0.4, -0.2) is 18.6 Å². The van der Waals surface area contributed by atoms with E-state index in [1.807, 2.05) is 0 Å². The molecule has 4 heteroatoms. The van der Waals surface area contributed by atoms with E-state index in [2.05, 4.69) is 12.2 Å². The number of carbonyl (C=O) groups excluding carboxylic acids is 1. The third kappa shape index (κ3) is 2.58. The number of nitrogen functional groups attached to an aromatic ring is 1. The van der Waals surface area contributed by atoms with Crippen LogP contribution >= 0.6 is 0 Å².